The number of ketones is 1. The highest BCUT2D eigenvalue weighted by Gasteiger charge is 2.35. The molecule has 0 aliphatic carbocycles. The number of carbonyl (C=O) groups excluding carboxylic acids is 1. The number of fused-ring (bicyclic) bond motifs is 1. The molecule has 0 aliphatic heterocycles. The first-order valence-corrected chi connectivity index (χ1v) is 14.1. The van der Waals surface area contributed by atoms with Crippen molar-refractivity contribution in [2.75, 3.05) is 5.73 Å². The Labute approximate surface area is 262 Å². The monoisotopic (exact) mass is 676 g/mol. The number of nitrogen functional groups attached to an aromatic ring is 1. The number of hydrogen-bond acceptors (Lipinski definition) is 8. The molecular weight excluding hydrogens is 662 g/mol. The maximum atomic E-state index is 13.8. The molecule has 0 atom stereocenters. The summed E-state index contributed by atoms with van der Waals surface area (Å²) in [6.45, 7) is 0. The summed E-state index contributed by atoms with van der Waals surface area (Å²) in [5.41, 5.74) is 6.57. The number of benzene rings is 3. The minimum absolute atomic E-state index is 0.00278. The van der Waals surface area contributed by atoms with Crippen LogP contribution in [0.15, 0.2) is 83.4 Å². The summed E-state index contributed by atoms with van der Waals surface area (Å²) < 4.78 is 87.0. The Balaban J connectivity index is 1.48. The smallest absolute Gasteiger partial charge is 0.539 e. The van der Waals surface area contributed by atoms with E-state index in [4.69, 9.17) is 21.9 Å². The van der Waals surface area contributed by atoms with Gasteiger partial charge in [-0.15, -0.1) is 24.5 Å². The van der Waals surface area contributed by atoms with Gasteiger partial charge < -0.3 is 20.1 Å². The molecule has 234 valence electrons. The lowest BCUT2D eigenvalue weighted by Crippen LogP contribution is -2.39. The highest BCUT2D eigenvalue weighted by molar-refractivity contribution is 7.21. The molecule has 0 spiro atoms. The highest BCUT2D eigenvalue weighted by Crippen LogP contribution is 2.43. The molecule has 3 aromatic carbocycles. The molecule has 0 aliphatic rings. The number of ether oxygens (including phenoxy) is 1. The predicted octanol–water partition coefficient (Wildman–Crippen LogP) is 7.35. The first-order chi connectivity index (χ1) is 21.7. The minimum Gasteiger partial charge on any atom is -0.539 e. The van der Waals surface area contributed by atoms with Gasteiger partial charge in [-0.1, -0.05) is 35.9 Å². The molecule has 0 radical (unpaired) electrons. The maximum absolute atomic E-state index is 13.8. The topological polar surface area (TPSA) is 118 Å². The van der Waals surface area contributed by atoms with Gasteiger partial charge >= 0.3 is 18.2 Å². The number of rotatable bonds is 6. The Kier molecular flexibility index (Phi) is 7.60. The van der Waals surface area contributed by atoms with Gasteiger partial charge in [-0.05, 0) is 58.3 Å². The van der Waals surface area contributed by atoms with Gasteiger partial charge in [0.15, 0.2) is 5.95 Å². The fraction of sp³-hybridized carbons (Fsp3) is 0.0667. The third-order valence-corrected chi connectivity index (χ3v) is 8.06. The molecule has 0 saturated heterocycles. The number of hydrogen-bond donors (Lipinski definition) is 1. The van der Waals surface area contributed by atoms with Crippen molar-refractivity contribution in [1.82, 2.24) is 10.3 Å². The molecule has 2 N–H and O–H groups in total. The number of anilines is 1. The van der Waals surface area contributed by atoms with Crippen LogP contribution in [-0.4, -0.2) is 22.4 Å². The van der Waals surface area contributed by atoms with Crippen LogP contribution in [-0.2, 0) is 6.18 Å². The van der Waals surface area contributed by atoms with Crippen LogP contribution in [0, 0.1) is 0 Å². The van der Waals surface area contributed by atoms with E-state index >= 15 is 0 Å². The SMILES string of the molecule is Nc1c(C(=O)c2c([O-])on[n+]2-c2ccc(OC(F)(F)F)cc2)sc2nc(-c3ccc(Cl)cc3)cc(-c3ccc(C(F)(F)F)cc3)c12. The van der Waals surface area contributed by atoms with Crippen molar-refractivity contribution in [1.29, 1.82) is 0 Å². The third kappa shape index (κ3) is 5.93. The normalized spacial score (nSPS) is 12.1. The van der Waals surface area contributed by atoms with Crippen molar-refractivity contribution in [3.8, 4) is 39.8 Å². The summed E-state index contributed by atoms with van der Waals surface area (Å²) in [5.74, 6) is -2.65. The van der Waals surface area contributed by atoms with E-state index in [1.807, 2.05) is 0 Å². The molecule has 8 nitrogen and oxygen atoms in total. The van der Waals surface area contributed by atoms with E-state index in [0.717, 1.165) is 52.4 Å². The molecule has 0 amide bonds. The number of pyridine rings is 1. The van der Waals surface area contributed by atoms with E-state index in [-0.39, 0.29) is 26.5 Å². The molecular formula is C30H15ClF6N4O4S. The summed E-state index contributed by atoms with van der Waals surface area (Å²) in [4.78, 5) is 18.5. The van der Waals surface area contributed by atoms with Gasteiger partial charge in [0, 0.05) is 28.1 Å². The number of carbonyl (C=O) groups is 1. The number of alkyl halides is 6. The number of halogens is 7. The summed E-state index contributed by atoms with van der Waals surface area (Å²) >= 11 is 6.85. The Morgan fingerprint density at radius 3 is 2.17 bits per heavy atom. The summed E-state index contributed by atoms with van der Waals surface area (Å²) in [6, 6.07) is 16.7. The van der Waals surface area contributed by atoms with E-state index in [1.54, 1.807) is 30.3 Å². The molecule has 0 bridgehead atoms. The molecule has 3 aromatic heterocycles. The number of nitrogens with two attached hydrogens (primary N) is 1. The number of nitrogens with zero attached hydrogens (tertiary/aromatic N) is 3. The van der Waals surface area contributed by atoms with E-state index in [2.05, 4.69) is 15.0 Å². The number of thiophene rings is 1. The zero-order chi connectivity index (χ0) is 33.0. The molecule has 6 rings (SSSR count). The minimum atomic E-state index is -4.94. The lowest BCUT2D eigenvalue weighted by molar-refractivity contribution is -0.672. The summed E-state index contributed by atoms with van der Waals surface area (Å²) in [7, 11) is 0. The van der Waals surface area contributed by atoms with Crippen molar-refractivity contribution in [3.63, 3.8) is 0 Å². The van der Waals surface area contributed by atoms with E-state index < -0.39 is 41.3 Å². The molecule has 6 aromatic rings. The largest absolute Gasteiger partial charge is 0.573 e. The predicted molar refractivity (Wildman–Crippen MR) is 153 cm³/mol. The van der Waals surface area contributed by atoms with Gasteiger partial charge in [-0.25, -0.2) is 4.98 Å². The number of aromatic nitrogens is 3. The second-order valence-corrected chi connectivity index (χ2v) is 11.1. The van der Waals surface area contributed by atoms with Crippen LogP contribution >= 0.6 is 22.9 Å². The van der Waals surface area contributed by atoms with Crippen LogP contribution in [0.5, 0.6) is 11.7 Å². The molecule has 16 heteroatoms. The van der Waals surface area contributed by atoms with Crippen LogP contribution in [0.2, 0.25) is 5.02 Å². The second kappa shape index (κ2) is 11.3. The molecule has 0 fully saturated rings. The third-order valence-electron chi connectivity index (χ3n) is 6.71. The Morgan fingerprint density at radius 1 is 0.935 bits per heavy atom. The Bertz CT molecular complexity index is 2090. The van der Waals surface area contributed by atoms with Crippen LogP contribution in [0.25, 0.3) is 38.3 Å². The highest BCUT2D eigenvalue weighted by atomic mass is 35.5. The first kappa shape index (κ1) is 30.9. The molecule has 0 saturated carbocycles. The lowest BCUT2D eigenvalue weighted by Gasteiger charge is -2.11. The van der Waals surface area contributed by atoms with Crippen LogP contribution < -0.4 is 20.3 Å². The second-order valence-electron chi connectivity index (χ2n) is 9.65. The van der Waals surface area contributed by atoms with E-state index in [0.29, 0.717) is 27.4 Å². The zero-order valence-corrected chi connectivity index (χ0v) is 24.2. The summed E-state index contributed by atoms with van der Waals surface area (Å²) in [6.07, 6.45) is -9.51. The fourth-order valence-electron chi connectivity index (χ4n) is 4.63. The average Bonchev–Trinajstić information content (AvgIpc) is 3.55. The van der Waals surface area contributed by atoms with Gasteiger partial charge in [0.1, 0.15) is 15.5 Å². The standard InChI is InChI=1S/C30H15ClF6N4O4S/c31-17-7-3-15(4-8-17)21-13-20(14-1-5-16(6-2-14)29(32,33)34)22-23(38)26(46-27(22)39-21)25(42)24-28(43)45-40-41(24)18-9-11-19(12-10-18)44-30(35,36)37/h1-13H,(H2-,38,40,42,43). The Hall–Kier alpha value is -5.15. The van der Waals surface area contributed by atoms with E-state index in [9.17, 15) is 36.2 Å². The summed E-state index contributed by atoms with van der Waals surface area (Å²) in [5, 5.41) is 16.9. The van der Waals surface area contributed by atoms with Crippen LogP contribution in [0.4, 0.5) is 32.0 Å². The van der Waals surface area contributed by atoms with Gasteiger partial charge in [0.05, 0.1) is 22.2 Å². The molecule has 3 heterocycles. The molecule has 0 unspecified atom stereocenters. The van der Waals surface area contributed by atoms with Gasteiger partial charge in [-0.2, -0.15) is 13.2 Å². The van der Waals surface area contributed by atoms with E-state index in [1.165, 1.54) is 12.1 Å². The first-order valence-electron chi connectivity index (χ1n) is 12.9. The van der Waals surface area contributed by atoms with Crippen molar-refractivity contribution in [2.45, 2.75) is 12.5 Å². The average molecular weight is 677 g/mol. The van der Waals surface area contributed by atoms with Crippen molar-refractivity contribution < 1.29 is 50.2 Å². The van der Waals surface area contributed by atoms with Gasteiger partial charge in [0.25, 0.3) is 5.78 Å². The quantitative estimate of drug-likeness (QED) is 0.111. The maximum Gasteiger partial charge on any atom is 0.573 e. The van der Waals surface area contributed by atoms with Gasteiger partial charge in [0.2, 0.25) is 5.69 Å². The molecule has 46 heavy (non-hydrogen) atoms. The Morgan fingerprint density at radius 2 is 1.57 bits per heavy atom. The lowest BCUT2D eigenvalue weighted by atomic mass is 9.98. The van der Waals surface area contributed by atoms with Crippen LogP contribution in [0.3, 0.4) is 0 Å². The fourth-order valence-corrected chi connectivity index (χ4v) is 5.82. The van der Waals surface area contributed by atoms with Crippen molar-refractivity contribution >= 4 is 44.6 Å². The van der Waals surface area contributed by atoms with Gasteiger partial charge in [-0.3, -0.25) is 4.79 Å². The van der Waals surface area contributed by atoms with Crippen LogP contribution in [0.1, 0.15) is 20.9 Å². The zero-order valence-electron chi connectivity index (χ0n) is 22.6. The van der Waals surface area contributed by atoms with Crippen molar-refractivity contribution in [3.05, 3.63) is 100 Å². The van der Waals surface area contributed by atoms with Crippen molar-refractivity contribution in [2.24, 2.45) is 0 Å².